The molecule has 1 heterocycles. The SMILES string of the molecule is S=C(Cc1ccccc1)N1CCN(c2ccccc2)CC1. The van der Waals surface area contributed by atoms with Gasteiger partial charge in [-0.3, -0.25) is 0 Å². The van der Waals surface area contributed by atoms with Crippen LogP contribution in [-0.2, 0) is 6.42 Å². The molecule has 0 atom stereocenters. The number of rotatable bonds is 3. The van der Waals surface area contributed by atoms with E-state index in [2.05, 4.69) is 64.4 Å². The van der Waals surface area contributed by atoms with Crippen LogP contribution in [0.1, 0.15) is 5.56 Å². The van der Waals surface area contributed by atoms with Crippen molar-refractivity contribution in [1.29, 1.82) is 0 Å². The summed E-state index contributed by atoms with van der Waals surface area (Å²) >= 11 is 5.62. The Morgan fingerprint density at radius 3 is 2.00 bits per heavy atom. The van der Waals surface area contributed by atoms with Gasteiger partial charge >= 0.3 is 0 Å². The zero-order valence-corrected chi connectivity index (χ0v) is 12.9. The number of piperazine rings is 1. The molecule has 2 aromatic rings. The molecule has 3 heteroatoms. The van der Waals surface area contributed by atoms with E-state index in [-0.39, 0.29) is 0 Å². The van der Waals surface area contributed by atoms with Gasteiger partial charge in [-0.15, -0.1) is 0 Å². The van der Waals surface area contributed by atoms with Crippen LogP contribution in [0.25, 0.3) is 0 Å². The van der Waals surface area contributed by atoms with E-state index in [1.54, 1.807) is 0 Å². The van der Waals surface area contributed by atoms with E-state index in [4.69, 9.17) is 12.2 Å². The summed E-state index contributed by atoms with van der Waals surface area (Å²) < 4.78 is 0. The van der Waals surface area contributed by atoms with E-state index in [0.717, 1.165) is 37.6 Å². The number of para-hydroxylation sites is 1. The molecule has 0 radical (unpaired) electrons. The Hall–Kier alpha value is -1.87. The third-order valence-corrected chi connectivity index (χ3v) is 4.35. The summed E-state index contributed by atoms with van der Waals surface area (Å²) in [5, 5.41) is 0. The lowest BCUT2D eigenvalue weighted by molar-refractivity contribution is 0.387. The Morgan fingerprint density at radius 1 is 0.810 bits per heavy atom. The van der Waals surface area contributed by atoms with Crippen molar-refractivity contribution in [3.63, 3.8) is 0 Å². The van der Waals surface area contributed by atoms with Gasteiger partial charge in [-0.25, -0.2) is 0 Å². The third-order valence-electron chi connectivity index (χ3n) is 3.95. The fraction of sp³-hybridized carbons (Fsp3) is 0.278. The van der Waals surface area contributed by atoms with Crippen LogP contribution in [0.4, 0.5) is 5.69 Å². The summed E-state index contributed by atoms with van der Waals surface area (Å²) in [6.45, 7) is 4.11. The minimum Gasteiger partial charge on any atom is -0.368 e. The standard InChI is InChI=1S/C18H20N2S/c21-18(15-16-7-3-1-4-8-16)20-13-11-19(12-14-20)17-9-5-2-6-10-17/h1-10H,11-15H2. The Morgan fingerprint density at radius 2 is 1.38 bits per heavy atom. The smallest absolute Gasteiger partial charge is 0.0824 e. The summed E-state index contributed by atoms with van der Waals surface area (Å²) in [5.41, 5.74) is 2.61. The third kappa shape index (κ3) is 3.61. The first-order chi connectivity index (χ1) is 10.3. The molecule has 0 N–H and O–H groups in total. The van der Waals surface area contributed by atoms with Gasteiger partial charge in [-0.1, -0.05) is 60.7 Å². The predicted molar refractivity (Wildman–Crippen MR) is 93.0 cm³/mol. The van der Waals surface area contributed by atoms with Crippen LogP contribution in [-0.4, -0.2) is 36.1 Å². The molecule has 0 aliphatic carbocycles. The zero-order valence-electron chi connectivity index (χ0n) is 12.1. The van der Waals surface area contributed by atoms with Crippen molar-refractivity contribution in [2.45, 2.75) is 6.42 Å². The molecule has 1 aliphatic rings. The lowest BCUT2D eigenvalue weighted by Gasteiger charge is -2.37. The minimum absolute atomic E-state index is 0.876. The average molecular weight is 296 g/mol. The number of hydrogen-bond acceptors (Lipinski definition) is 2. The number of benzene rings is 2. The molecule has 0 unspecified atom stereocenters. The number of anilines is 1. The predicted octanol–water partition coefficient (Wildman–Crippen LogP) is 3.38. The quantitative estimate of drug-likeness (QED) is 0.802. The van der Waals surface area contributed by atoms with Gasteiger partial charge in [0.05, 0.1) is 4.99 Å². The fourth-order valence-corrected chi connectivity index (χ4v) is 3.08. The maximum atomic E-state index is 5.62. The first kappa shape index (κ1) is 14.1. The van der Waals surface area contributed by atoms with E-state index in [1.807, 2.05) is 6.07 Å². The van der Waals surface area contributed by atoms with E-state index < -0.39 is 0 Å². The highest BCUT2D eigenvalue weighted by atomic mass is 32.1. The molecule has 108 valence electrons. The molecule has 0 aromatic heterocycles. The second-order valence-corrected chi connectivity index (χ2v) is 5.84. The van der Waals surface area contributed by atoms with Crippen molar-refractivity contribution in [3.05, 3.63) is 66.2 Å². The molecule has 2 aromatic carbocycles. The molecular formula is C18H20N2S. The molecule has 1 aliphatic heterocycles. The van der Waals surface area contributed by atoms with E-state index in [9.17, 15) is 0 Å². The molecule has 0 spiro atoms. The molecular weight excluding hydrogens is 276 g/mol. The van der Waals surface area contributed by atoms with Gasteiger partial charge < -0.3 is 9.80 Å². The second kappa shape index (κ2) is 6.72. The van der Waals surface area contributed by atoms with Crippen molar-refractivity contribution in [2.75, 3.05) is 31.1 Å². The molecule has 1 saturated heterocycles. The first-order valence-corrected chi connectivity index (χ1v) is 7.85. The first-order valence-electron chi connectivity index (χ1n) is 7.44. The van der Waals surface area contributed by atoms with Crippen molar-refractivity contribution >= 4 is 22.9 Å². The van der Waals surface area contributed by atoms with Gasteiger partial charge in [-0.05, 0) is 17.7 Å². The fourth-order valence-electron chi connectivity index (χ4n) is 2.74. The molecule has 0 amide bonds. The van der Waals surface area contributed by atoms with Crippen molar-refractivity contribution in [2.24, 2.45) is 0 Å². The van der Waals surface area contributed by atoms with Gasteiger partial charge in [0, 0.05) is 38.3 Å². The zero-order chi connectivity index (χ0) is 14.5. The molecule has 0 bridgehead atoms. The number of thiocarbonyl (C=S) groups is 1. The maximum absolute atomic E-state index is 5.62. The highest BCUT2D eigenvalue weighted by Gasteiger charge is 2.18. The molecule has 3 rings (SSSR count). The molecule has 21 heavy (non-hydrogen) atoms. The van der Waals surface area contributed by atoms with Crippen LogP contribution in [0.3, 0.4) is 0 Å². The van der Waals surface area contributed by atoms with Gasteiger partial charge in [0.1, 0.15) is 0 Å². The van der Waals surface area contributed by atoms with Crippen LogP contribution in [0, 0.1) is 0 Å². The topological polar surface area (TPSA) is 6.48 Å². The van der Waals surface area contributed by atoms with Crippen molar-refractivity contribution in [3.8, 4) is 0 Å². The highest BCUT2D eigenvalue weighted by Crippen LogP contribution is 2.16. The van der Waals surface area contributed by atoms with Gasteiger partial charge in [-0.2, -0.15) is 0 Å². The summed E-state index contributed by atoms with van der Waals surface area (Å²) in [6.07, 6.45) is 0.876. The Kier molecular flexibility index (Phi) is 4.51. The number of hydrogen-bond donors (Lipinski definition) is 0. The van der Waals surface area contributed by atoms with E-state index in [0.29, 0.717) is 0 Å². The van der Waals surface area contributed by atoms with Crippen molar-refractivity contribution < 1.29 is 0 Å². The van der Waals surface area contributed by atoms with E-state index >= 15 is 0 Å². The summed E-state index contributed by atoms with van der Waals surface area (Å²) in [5.74, 6) is 0. The largest absolute Gasteiger partial charge is 0.368 e. The Bertz CT molecular complexity index is 575. The van der Waals surface area contributed by atoms with Crippen LogP contribution in [0.5, 0.6) is 0 Å². The van der Waals surface area contributed by atoms with Crippen LogP contribution < -0.4 is 4.90 Å². The van der Waals surface area contributed by atoms with Crippen molar-refractivity contribution in [1.82, 2.24) is 4.90 Å². The van der Waals surface area contributed by atoms with Gasteiger partial charge in [0.15, 0.2) is 0 Å². The summed E-state index contributed by atoms with van der Waals surface area (Å²) in [7, 11) is 0. The lowest BCUT2D eigenvalue weighted by Crippen LogP contribution is -2.48. The lowest BCUT2D eigenvalue weighted by atomic mass is 10.1. The van der Waals surface area contributed by atoms with Crippen LogP contribution in [0.2, 0.25) is 0 Å². The maximum Gasteiger partial charge on any atom is 0.0824 e. The number of nitrogens with zero attached hydrogens (tertiary/aromatic N) is 2. The second-order valence-electron chi connectivity index (χ2n) is 5.37. The minimum atomic E-state index is 0.876. The monoisotopic (exact) mass is 296 g/mol. The van der Waals surface area contributed by atoms with Gasteiger partial charge in [0.25, 0.3) is 0 Å². The van der Waals surface area contributed by atoms with Gasteiger partial charge in [0.2, 0.25) is 0 Å². The average Bonchev–Trinajstić information content (AvgIpc) is 2.57. The van der Waals surface area contributed by atoms with Crippen LogP contribution in [0.15, 0.2) is 60.7 Å². The molecule has 1 fully saturated rings. The molecule has 2 nitrogen and oxygen atoms in total. The summed E-state index contributed by atoms with van der Waals surface area (Å²) in [6, 6.07) is 21.1. The normalized spacial score (nSPS) is 15.0. The summed E-state index contributed by atoms with van der Waals surface area (Å²) in [4.78, 5) is 5.84. The Labute approximate surface area is 132 Å². The van der Waals surface area contributed by atoms with E-state index in [1.165, 1.54) is 11.3 Å². The Balaban J connectivity index is 1.55. The highest BCUT2D eigenvalue weighted by molar-refractivity contribution is 7.80. The van der Waals surface area contributed by atoms with Crippen LogP contribution >= 0.6 is 12.2 Å². The molecule has 0 saturated carbocycles.